The van der Waals surface area contributed by atoms with E-state index < -0.39 is 0 Å². The highest BCUT2D eigenvalue weighted by Gasteiger charge is 2.34. The molecule has 0 aliphatic heterocycles. The molecule has 0 unspecified atom stereocenters. The molecule has 2 aliphatic carbocycles. The number of Topliss-reactive ketones (excluding diaryl/α,β-unsaturated/α-hetero) is 2. The van der Waals surface area contributed by atoms with Gasteiger partial charge in [0.2, 0.25) is 0 Å². The third-order valence-electron chi connectivity index (χ3n) is 5.79. The number of aliphatic hydroxyl groups excluding tert-OH is 1. The number of carbonyl (C=O) groups is 2. The first kappa shape index (κ1) is 28.1. The number of aromatic hydroxyl groups is 1. The van der Waals surface area contributed by atoms with Crippen molar-refractivity contribution >= 4 is 34.8 Å². The van der Waals surface area contributed by atoms with Gasteiger partial charge < -0.3 is 14.9 Å². The summed E-state index contributed by atoms with van der Waals surface area (Å²) in [4.78, 5) is 21.5. The lowest BCUT2D eigenvalue weighted by Crippen LogP contribution is -2.37. The molecule has 0 radical (unpaired) electrons. The second-order valence-electron chi connectivity index (χ2n) is 8.48. The van der Waals surface area contributed by atoms with Gasteiger partial charge in [0.25, 0.3) is 0 Å². The number of phenols is 1. The molecule has 7 nitrogen and oxygen atoms in total. The Balaban J connectivity index is 0.000000204. The molecule has 0 bridgehead atoms. The largest absolute Gasteiger partial charge is 0.508 e. The van der Waals surface area contributed by atoms with E-state index in [-0.39, 0.29) is 46.4 Å². The molecule has 0 atom stereocenters. The first-order valence-corrected chi connectivity index (χ1v) is 11.7. The van der Waals surface area contributed by atoms with Crippen molar-refractivity contribution in [1.29, 1.82) is 10.5 Å². The van der Waals surface area contributed by atoms with Crippen molar-refractivity contribution in [2.45, 2.75) is 51.7 Å². The number of nitriles is 2. The zero-order valence-electron chi connectivity index (χ0n) is 19.4. The number of benzene rings is 2. The van der Waals surface area contributed by atoms with E-state index in [1.165, 1.54) is 18.2 Å². The quantitative estimate of drug-likeness (QED) is 0.568. The van der Waals surface area contributed by atoms with Crippen molar-refractivity contribution in [2.24, 2.45) is 11.8 Å². The van der Waals surface area contributed by atoms with Gasteiger partial charge in [0.1, 0.15) is 41.3 Å². The maximum atomic E-state index is 11.0. The molecule has 2 saturated carbocycles. The van der Waals surface area contributed by atoms with Crippen molar-refractivity contribution in [1.82, 2.24) is 0 Å². The molecule has 0 amide bonds. The monoisotopic (exact) mass is 516 g/mol. The third-order valence-corrected chi connectivity index (χ3v) is 6.42. The molecule has 2 aromatic carbocycles. The van der Waals surface area contributed by atoms with Gasteiger partial charge >= 0.3 is 0 Å². The van der Waals surface area contributed by atoms with Gasteiger partial charge in [-0.25, -0.2) is 0 Å². The molecular weight excluding hydrogens is 491 g/mol. The molecule has 2 N–H and O–H groups in total. The maximum Gasteiger partial charge on any atom is 0.133 e. The van der Waals surface area contributed by atoms with Gasteiger partial charge in [-0.1, -0.05) is 23.2 Å². The summed E-state index contributed by atoms with van der Waals surface area (Å²) >= 11 is 11.4. The summed E-state index contributed by atoms with van der Waals surface area (Å²) in [5.74, 6) is 1.49. The number of hydrogen-bond donors (Lipinski definition) is 2. The molecule has 0 spiro atoms. The standard InChI is InChI=1S/C13H12ClNO2.C7H4ClNO.C6H10O2/c1-8(16)10-4-12(5-10)17-11-3-2-9(7-15)13(14)6-11;8-7-3-6(10)2-1-5(7)4-9;1-4(7)5-2-6(8)3-5/h2-3,6,10,12H,4-5H2,1H3;1-3,10H;5-6,8H,2-3H2,1H3. The van der Waals surface area contributed by atoms with Crippen LogP contribution < -0.4 is 4.74 Å². The Hall–Kier alpha value is -3.10. The summed E-state index contributed by atoms with van der Waals surface area (Å²) in [7, 11) is 0. The van der Waals surface area contributed by atoms with Crippen LogP contribution in [0, 0.1) is 34.5 Å². The SMILES string of the molecule is CC(=O)C1CC(O)C1.CC(=O)C1CC(Oc2ccc(C#N)c(Cl)c2)C1.N#Cc1ccc(O)cc1Cl. The van der Waals surface area contributed by atoms with E-state index in [2.05, 4.69) is 0 Å². The van der Waals surface area contributed by atoms with Crippen LogP contribution in [-0.4, -0.2) is 34.0 Å². The van der Waals surface area contributed by atoms with E-state index in [0.29, 0.717) is 34.7 Å². The fourth-order valence-corrected chi connectivity index (χ4v) is 3.79. The van der Waals surface area contributed by atoms with Crippen molar-refractivity contribution in [3.05, 3.63) is 57.6 Å². The van der Waals surface area contributed by atoms with Gasteiger partial charge in [0.05, 0.1) is 27.3 Å². The van der Waals surface area contributed by atoms with Crippen LogP contribution in [-0.2, 0) is 9.59 Å². The summed E-state index contributed by atoms with van der Waals surface area (Å²) in [6.07, 6.45) is 2.82. The van der Waals surface area contributed by atoms with E-state index in [9.17, 15) is 9.59 Å². The van der Waals surface area contributed by atoms with Crippen LogP contribution in [0.3, 0.4) is 0 Å². The minimum absolute atomic E-state index is 0.0731. The number of carbonyl (C=O) groups excluding carboxylic acids is 2. The number of nitrogens with zero attached hydrogens (tertiary/aromatic N) is 2. The van der Waals surface area contributed by atoms with Crippen LogP contribution in [0.2, 0.25) is 10.0 Å². The Morgan fingerprint density at radius 3 is 1.77 bits per heavy atom. The zero-order chi connectivity index (χ0) is 26.1. The van der Waals surface area contributed by atoms with Crippen LogP contribution in [0.4, 0.5) is 0 Å². The average Bonchev–Trinajstić information content (AvgIpc) is 2.74. The van der Waals surface area contributed by atoms with Crippen molar-refractivity contribution in [3.8, 4) is 23.6 Å². The van der Waals surface area contributed by atoms with Gasteiger partial charge in [-0.3, -0.25) is 9.59 Å². The van der Waals surface area contributed by atoms with Gasteiger partial charge in [0.15, 0.2) is 0 Å². The highest BCUT2D eigenvalue weighted by Crippen LogP contribution is 2.33. The minimum Gasteiger partial charge on any atom is -0.508 e. The number of hydrogen-bond acceptors (Lipinski definition) is 7. The summed E-state index contributed by atoms with van der Waals surface area (Å²) in [5, 5.41) is 35.4. The van der Waals surface area contributed by atoms with Gasteiger partial charge in [-0.05, 0) is 69.9 Å². The molecule has 2 aliphatic rings. The molecule has 184 valence electrons. The van der Waals surface area contributed by atoms with Crippen LogP contribution in [0.15, 0.2) is 36.4 Å². The molecule has 0 saturated heterocycles. The van der Waals surface area contributed by atoms with Crippen molar-refractivity contribution < 1.29 is 24.5 Å². The number of ketones is 2. The predicted molar refractivity (Wildman–Crippen MR) is 131 cm³/mol. The molecular formula is C26H26Cl2N2O5. The molecule has 9 heteroatoms. The zero-order valence-corrected chi connectivity index (χ0v) is 20.9. The average molecular weight is 517 g/mol. The summed E-state index contributed by atoms with van der Waals surface area (Å²) in [6.45, 7) is 3.19. The molecule has 0 aromatic heterocycles. The van der Waals surface area contributed by atoms with E-state index >= 15 is 0 Å². The van der Waals surface area contributed by atoms with Crippen molar-refractivity contribution in [3.63, 3.8) is 0 Å². The maximum absolute atomic E-state index is 11.0. The normalized spacial score (nSPS) is 21.7. The Morgan fingerprint density at radius 1 is 0.886 bits per heavy atom. The first-order valence-electron chi connectivity index (χ1n) is 11.0. The van der Waals surface area contributed by atoms with Gasteiger partial charge in [0, 0.05) is 17.9 Å². The third kappa shape index (κ3) is 8.56. The van der Waals surface area contributed by atoms with E-state index in [4.69, 9.17) is 48.7 Å². The molecule has 2 fully saturated rings. The van der Waals surface area contributed by atoms with Gasteiger partial charge in [-0.2, -0.15) is 10.5 Å². The Bertz CT molecular complexity index is 1140. The smallest absolute Gasteiger partial charge is 0.133 e. The number of aliphatic hydroxyl groups is 1. The number of ether oxygens (including phenoxy) is 1. The molecule has 4 rings (SSSR count). The summed E-state index contributed by atoms with van der Waals surface area (Å²) < 4.78 is 5.66. The van der Waals surface area contributed by atoms with Crippen LogP contribution in [0.1, 0.15) is 50.7 Å². The Kier molecular flexibility index (Phi) is 10.5. The number of halogens is 2. The Labute approximate surface area is 214 Å². The summed E-state index contributed by atoms with van der Waals surface area (Å²) in [6, 6.07) is 13.1. The van der Waals surface area contributed by atoms with Crippen LogP contribution in [0.5, 0.6) is 11.5 Å². The van der Waals surface area contributed by atoms with E-state index in [1.807, 2.05) is 12.1 Å². The number of phenolic OH excluding ortho intramolecular Hbond substituents is 1. The van der Waals surface area contributed by atoms with Crippen LogP contribution >= 0.6 is 23.2 Å². The predicted octanol–water partition coefficient (Wildman–Crippen LogP) is 5.22. The van der Waals surface area contributed by atoms with Crippen LogP contribution in [0.25, 0.3) is 0 Å². The van der Waals surface area contributed by atoms with E-state index in [1.54, 1.807) is 32.0 Å². The lowest BCUT2D eigenvalue weighted by molar-refractivity contribution is -0.127. The molecule has 0 heterocycles. The lowest BCUT2D eigenvalue weighted by Gasteiger charge is -2.33. The highest BCUT2D eigenvalue weighted by molar-refractivity contribution is 6.32. The fraction of sp³-hybridized carbons (Fsp3) is 0.385. The van der Waals surface area contributed by atoms with Gasteiger partial charge in [-0.15, -0.1) is 0 Å². The topological polar surface area (TPSA) is 131 Å². The fourth-order valence-electron chi connectivity index (χ4n) is 3.36. The lowest BCUT2D eigenvalue weighted by atomic mass is 9.80. The second kappa shape index (κ2) is 13.1. The molecule has 2 aromatic rings. The van der Waals surface area contributed by atoms with Crippen molar-refractivity contribution in [2.75, 3.05) is 0 Å². The first-order chi connectivity index (χ1) is 16.5. The Morgan fingerprint density at radius 2 is 1.37 bits per heavy atom. The highest BCUT2D eigenvalue weighted by atomic mass is 35.5. The second-order valence-corrected chi connectivity index (χ2v) is 9.30. The molecule has 35 heavy (non-hydrogen) atoms. The number of rotatable bonds is 4. The summed E-state index contributed by atoms with van der Waals surface area (Å²) in [5.41, 5.74) is 0.814. The minimum atomic E-state index is -0.191. The van der Waals surface area contributed by atoms with E-state index in [0.717, 1.165) is 12.8 Å².